The van der Waals surface area contributed by atoms with E-state index < -0.39 is 0 Å². The van der Waals surface area contributed by atoms with Crippen molar-refractivity contribution in [2.24, 2.45) is 0 Å². The summed E-state index contributed by atoms with van der Waals surface area (Å²) in [6, 6.07) is 6.76. The van der Waals surface area contributed by atoms with Crippen LogP contribution in [0.25, 0.3) is 0 Å². The van der Waals surface area contributed by atoms with Gasteiger partial charge in [-0.3, -0.25) is 9.88 Å². The molecule has 0 radical (unpaired) electrons. The lowest BCUT2D eigenvalue weighted by atomic mass is 10.1. The van der Waals surface area contributed by atoms with E-state index in [1.165, 1.54) is 5.69 Å². The Kier molecular flexibility index (Phi) is 4.55. The Morgan fingerprint density at radius 3 is 2.95 bits per heavy atom. The molecule has 1 aliphatic rings. The van der Waals surface area contributed by atoms with Crippen molar-refractivity contribution in [1.29, 1.82) is 0 Å². The zero-order valence-electron chi connectivity index (χ0n) is 13.7. The Morgan fingerprint density at radius 2 is 2.18 bits per heavy atom. The minimum atomic E-state index is 0.499. The number of aromatic nitrogens is 3. The van der Waals surface area contributed by atoms with Crippen LogP contribution in [0.4, 0.5) is 0 Å². The molecule has 22 heavy (non-hydrogen) atoms. The fraction of sp³-hybridized carbons (Fsp3) is 0.529. The average molecular weight is 299 g/mol. The van der Waals surface area contributed by atoms with Gasteiger partial charge in [0.1, 0.15) is 0 Å². The average Bonchev–Trinajstić information content (AvgIpc) is 2.93. The summed E-state index contributed by atoms with van der Waals surface area (Å²) in [6.07, 6.45) is 5.13. The zero-order chi connectivity index (χ0) is 15.5. The Morgan fingerprint density at radius 1 is 1.32 bits per heavy atom. The molecule has 3 rings (SSSR count). The molecule has 0 amide bonds. The van der Waals surface area contributed by atoms with Gasteiger partial charge in [-0.05, 0) is 46.1 Å². The maximum atomic E-state index is 4.64. The van der Waals surface area contributed by atoms with Gasteiger partial charge < -0.3 is 9.47 Å². The van der Waals surface area contributed by atoms with Gasteiger partial charge in [0.2, 0.25) is 0 Å². The summed E-state index contributed by atoms with van der Waals surface area (Å²) in [5, 5.41) is 0. The lowest BCUT2D eigenvalue weighted by Crippen LogP contribution is -2.37. The lowest BCUT2D eigenvalue weighted by Gasteiger charge is -2.34. The fourth-order valence-corrected chi connectivity index (χ4v) is 3.14. The fourth-order valence-electron chi connectivity index (χ4n) is 3.14. The molecule has 0 aliphatic carbocycles. The van der Waals surface area contributed by atoms with Crippen LogP contribution < -0.4 is 0 Å². The molecule has 0 bridgehead atoms. The van der Waals surface area contributed by atoms with E-state index in [1.54, 1.807) is 0 Å². The van der Waals surface area contributed by atoms with Crippen molar-refractivity contribution in [3.8, 4) is 0 Å². The predicted molar refractivity (Wildman–Crippen MR) is 87.5 cm³/mol. The second-order valence-electron chi connectivity index (χ2n) is 6.48. The summed E-state index contributed by atoms with van der Waals surface area (Å²) in [5.41, 5.74) is 3.55. The van der Waals surface area contributed by atoms with Gasteiger partial charge in [-0.15, -0.1) is 0 Å². The molecule has 0 saturated heterocycles. The first-order valence-corrected chi connectivity index (χ1v) is 7.92. The Labute approximate surface area is 132 Å². The second-order valence-corrected chi connectivity index (χ2v) is 6.48. The highest BCUT2D eigenvalue weighted by molar-refractivity contribution is 5.11. The minimum absolute atomic E-state index is 0.499. The van der Waals surface area contributed by atoms with Crippen LogP contribution in [0.2, 0.25) is 0 Å². The smallest absolute Gasteiger partial charge is 0.0951 e. The van der Waals surface area contributed by atoms with E-state index in [-0.39, 0.29) is 0 Å². The van der Waals surface area contributed by atoms with Crippen LogP contribution in [-0.2, 0) is 13.1 Å². The number of hydrogen-bond acceptors (Lipinski definition) is 4. The van der Waals surface area contributed by atoms with Crippen LogP contribution in [0, 0.1) is 6.92 Å². The van der Waals surface area contributed by atoms with E-state index in [1.807, 2.05) is 12.5 Å². The standard InChI is InChI=1S/C17H25N5/c1-14-5-4-6-15(19-14)10-21-11-16(7-8-20(2)3)22-13-18-9-17(22)12-21/h4-6,9,13,16H,7-8,10-12H2,1-3H3/t16-/m1/s1. The number of fused-ring (bicyclic) bond motifs is 1. The molecule has 1 atom stereocenters. The van der Waals surface area contributed by atoms with Crippen LogP contribution in [0.1, 0.15) is 29.5 Å². The minimum Gasteiger partial charge on any atom is -0.329 e. The van der Waals surface area contributed by atoms with Crippen molar-refractivity contribution in [2.45, 2.75) is 32.5 Å². The molecule has 0 saturated carbocycles. The van der Waals surface area contributed by atoms with Gasteiger partial charge in [-0.1, -0.05) is 6.07 Å². The Balaban J connectivity index is 1.72. The normalized spacial score (nSPS) is 18.6. The first-order chi connectivity index (χ1) is 10.6. The number of nitrogens with zero attached hydrogens (tertiary/aromatic N) is 5. The van der Waals surface area contributed by atoms with Crippen molar-refractivity contribution in [3.05, 3.63) is 47.8 Å². The number of imidazole rings is 1. The highest BCUT2D eigenvalue weighted by Gasteiger charge is 2.25. The maximum Gasteiger partial charge on any atom is 0.0951 e. The molecular weight excluding hydrogens is 274 g/mol. The SMILES string of the molecule is Cc1cccc(CN2Cc3cncn3[C@H](CCN(C)C)C2)n1. The summed E-state index contributed by atoms with van der Waals surface area (Å²) in [6.45, 7) is 6.07. The Bertz CT molecular complexity index is 619. The molecular formula is C17H25N5. The van der Waals surface area contributed by atoms with Crippen molar-refractivity contribution in [2.75, 3.05) is 27.2 Å². The monoisotopic (exact) mass is 299 g/mol. The van der Waals surface area contributed by atoms with Crippen molar-refractivity contribution >= 4 is 0 Å². The van der Waals surface area contributed by atoms with Gasteiger partial charge in [0.05, 0.1) is 17.7 Å². The summed E-state index contributed by atoms with van der Waals surface area (Å²) in [5.74, 6) is 0. The molecule has 5 nitrogen and oxygen atoms in total. The van der Waals surface area contributed by atoms with Crippen molar-refractivity contribution in [3.63, 3.8) is 0 Å². The van der Waals surface area contributed by atoms with E-state index in [0.717, 1.165) is 44.0 Å². The molecule has 5 heteroatoms. The van der Waals surface area contributed by atoms with Gasteiger partial charge in [0.25, 0.3) is 0 Å². The quantitative estimate of drug-likeness (QED) is 0.847. The molecule has 0 spiro atoms. The number of rotatable bonds is 5. The van der Waals surface area contributed by atoms with E-state index in [9.17, 15) is 0 Å². The number of hydrogen-bond donors (Lipinski definition) is 0. The van der Waals surface area contributed by atoms with E-state index >= 15 is 0 Å². The highest BCUT2D eigenvalue weighted by Crippen LogP contribution is 2.24. The first-order valence-electron chi connectivity index (χ1n) is 7.92. The Hall–Kier alpha value is -1.72. The molecule has 2 aromatic heterocycles. The van der Waals surface area contributed by atoms with Crippen LogP contribution in [0.5, 0.6) is 0 Å². The molecule has 118 valence electrons. The third kappa shape index (κ3) is 3.54. The molecule has 3 heterocycles. The maximum absolute atomic E-state index is 4.64. The molecule has 0 N–H and O–H groups in total. The number of pyridine rings is 1. The second kappa shape index (κ2) is 6.58. The van der Waals surface area contributed by atoms with Gasteiger partial charge in [0.15, 0.2) is 0 Å². The topological polar surface area (TPSA) is 37.2 Å². The molecule has 0 fully saturated rings. The summed E-state index contributed by atoms with van der Waals surface area (Å²) in [7, 11) is 4.26. The number of aryl methyl sites for hydroxylation is 1. The third-order valence-corrected chi connectivity index (χ3v) is 4.24. The van der Waals surface area contributed by atoms with Crippen LogP contribution in [0.3, 0.4) is 0 Å². The highest BCUT2D eigenvalue weighted by atomic mass is 15.2. The van der Waals surface area contributed by atoms with Crippen molar-refractivity contribution < 1.29 is 0 Å². The predicted octanol–water partition coefficient (Wildman–Crippen LogP) is 2.10. The molecule has 0 unspecified atom stereocenters. The van der Waals surface area contributed by atoms with Crippen LogP contribution >= 0.6 is 0 Å². The van der Waals surface area contributed by atoms with E-state index in [0.29, 0.717) is 6.04 Å². The first kappa shape index (κ1) is 15.2. The lowest BCUT2D eigenvalue weighted by molar-refractivity contribution is 0.163. The largest absolute Gasteiger partial charge is 0.329 e. The zero-order valence-corrected chi connectivity index (χ0v) is 13.7. The van der Waals surface area contributed by atoms with Crippen LogP contribution in [0.15, 0.2) is 30.7 Å². The van der Waals surface area contributed by atoms with Gasteiger partial charge in [0, 0.05) is 37.6 Å². The van der Waals surface area contributed by atoms with Gasteiger partial charge in [-0.2, -0.15) is 0 Å². The van der Waals surface area contributed by atoms with Crippen molar-refractivity contribution in [1.82, 2.24) is 24.3 Å². The molecule has 2 aromatic rings. The molecule has 0 aromatic carbocycles. The summed E-state index contributed by atoms with van der Waals surface area (Å²) in [4.78, 5) is 13.7. The summed E-state index contributed by atoms with van der Waals surface area (Å²) >= 11 is 0. The van der Waals surface area contributed by atoms with Gasteiger partial charge in [-0.25, -0.2) is 4.98 Å². The van der Waals surface area contributed by atoms with E-state index in [2.05, 4.69) is 63.6 Å². The molecule has 1 aliphatic heterocycles. The summed E-state index contributed by atoms with van der Waals surface area (Å²) < 4.78 is 2.35. The van der Waals surface area contributed by atoms with Crippen LogP contribution in [-0.4, -0.2) is 51.5 Å². The third-order valence-electron chi connectivity index (χ3n) is 4.24. The van der Waals surface area contributed by atoms with E-state index in [4.69, 9.17) is 0 Å². The van der Waals surface area contributed by atoms with Gasteiger partial charge >= 0.3 is 0 Å².